The van der Waals surface area contributed by atoms with Crippen LogP contribution >= 0.6 is 0 Å². The summed E-state index contributed by atoms with van der Waals surface area (Å²) >= 11 is 0. The molecule has 0 bridgehead atoms. The van der Waals surface area contributed by atoms with Crippen molar-refractivity contribution in [3.63, 3.8) is 0 Å². The summed E-state index contributed by atoms with van der Waals surface area (Å²) in [4.78, 5) is 14.9. The Labute approximate surface area is 162 Å². The molecule has 3 aliphatic heterocycles. The van der Waals surface area contributed by atoms with E-state index in [1.807, 2.05) is 6.07 Å². The van der Waals surface area contributed by atoms with E-state index in [1.165, 1.54) is 17.7 Å². The lowest BCUT2D eigenvalue weighted by Crippen LogP contribution is -2.37. The zero-order chi connectivity index (χ0) is 19.1. The van der Waals surface area contributed by atoms with E-state index in [1.54, 1.807) is 6.07 Å². The van der Waals surface area contributed by atoms with Crippen molar-refractivity contribution in [2.24, 2.45) is 0 Å². The number of rotatable bonds is 3. The molecule has 0 spiro atoms. The van der Waals surface area contributed by atoms with Crippen LogP contribution in [0.2, 0.25) is 0 Å². The lowest BCUT2D eigenvalue weighted by atomic mass is 9.98. The van der Waals surface area contributed by atoms with E-state index >= 15 is 0 Å². The zero-order valence-corrected chi connectivity index (χ0v) is 15.5. The molecule has 2 aromatic carbocycles. The van der Waals surface area contributed by atoms with Crippen molar-refractivity contribution in [1.29, 1.82) is 0 Å². The maximum atomic E-state index is 13.7. The second kappa shape index (κ2) is 7.04. The number of carbonyl (C=O) groups is 1. The Morgan fingerprint density at radius 1 is 1.07 bits per heavy atom. The molecule has 0 saturated carbocycles. The van der Waals surface area contributed by atoms with E-state index in [-0.39, 0.29) is 11.7 Å². The molecule has 1 saturated heterocycles. The highest BCUT2D eigenvalue weighted by molar-refractivity contribution is 6.36. The molecule has 1 fully saturated rings. The third-order valence-corrected chi connectivity index (χ3v) is 5.56. The molecule has 0 aromatic heterocycles. The van der Waals surface area contributed by atoms with Crippen LogP contribution < -0.4 is 5.32 Å². The summed E-state index contributed by atoms with van der Waals surface area (Å²) in [5, 5.41) is 2.79. The van der Waals surface area contributed by atoms with Crippen molar-refractivity contribution in [1.82, 2.24) is 4.90 Å². The van der Waals surface area contributed by atoms with Gasteiger partial charge in [-0.25, -0.2) is 4.39 Å². The monoisotopic (exact) mass is 380 g/mol. The van der Waals surface area contributed by atoms with Crippen molar-refractivity contribution in [3.8, 4) is 0 Å². The van der Waals surface area contributed by atoms with E-state index in [2.05, 4.69) is 22.3 Å². The standard InChI is InChI=1S/C22H21FN2O3/c23-16-2-4-19-18(12-16)20(22(26)24-19)21-17-3-1-14(11-15(17)13-28-21)5-6-25-7-9-27-10-8-25/h1-4,11-12H,5-10,13H2,(H,24,26)/b21-20+. The average Bonchev–Trinajstić information content (AvgIpc) is 3.26. The van der Waals surface area contributed by atoms with Crippen molar-refractivity contribution >= 4 is 22.9 Å². The van der Waals surface area contributed by atoms with Gasteiger partial charge in [-0.1, -0.05) is 18.2 Å². The molecule has 0 radical (unpaired) electrons. The Hall–Kier alpha value is -2.70. The maximum absolute atomic E-state index is 13.7. The third kappa shape index (κ3) is 3.08. The van der Waals surface area contributed by atoms with Crippen LogP contribution in [0.4, 0.5) is 10.1 Å². The van der Waals surface area contributed by atoms with Gasteiger partial charge in [-0.05, 0) is 30.2 Å². The number of hydrogen-bond acceptors (Lipinski definition) is 4. The van der Waals surface area contributed by atoms with Gasteiger partial charge in [-0.15, -0.1) is 0 Å². The largest absolute Gasteiger partial charge is 0.487 e. The third-order valence-electron chi connectivity index (χ3n) is 5.56. The van der Waals surface area contributed by atoms with E-state index in [4.69, 9.17) is 9.47 Å². The lowest BCUT2D eigenvalue weighted by Gasteiger charge is -2.26. The molecule has 1 amide bonds. The van der Waals surface area contributed by atoms with Crippen LogP contribution in [0.3, 0.4) is 0 Å². The highest BCUT2D eigenvalue weighted by atomic mass is 19.1. The molecule has 3 aliphatic rings. The van der Waals surface area contributed by atoms with Crippen molar-refractivity contribution in [3.05, 3.63) is 64.5 Å². The number of hydrogen-bond donors (Lipinski definition) is 1. The van der Waals surface area contributed by atoms with Gasteiger partial charge in [0.15, 0.2) is 0 Å². The normalized spacial score (nSPS) is 21.2. The number of anilines is 1. The molecule has 0 atom stereocenters. The topological polar surface area (TPSA) is 50.8 Å². The maximum Gasteiger partial charge on any atom is 0.260 e. The second-order valence-corrected chi connectivity index (χ2v) is 7.33. The minimum Gasteiger partial charge on any atom is -0.487 e. The van der Waals surface area contributed by atoms with Crippen LogP contribution in [0.25, 0.3) is 11.3 Å². The zero-order valence-electron chi connectivity index (χ0n) is 15.5. The van der Waals surface area contributed by atoms with Gasteiger partial charge in [-0.3, -0.25) is 9.69 Å². The molecular weight excluding hydrogens is 359 g/mol. The second-order valence-electron chi connectivity index (χ2n) is 7.33. The fourth-order valence-electron chi connectivity index (χ4n) is 4.05. The molecule has 0 unspecified atom stereocenters. The number of benzene rings is 2. The van der Waals surface area contributed by atoms with Gasteiger partial charge in [-0.2, -0.15) is 0 Å². The predicted molar refractivity (Wildman–Crippen MR) is 104 cm³/mol. The average molecular weight is 380 g/mol. The molecule has 5 nitrogen and oxygen atoms in total. The number of nitrogens with one attached hydrogen (secondary N) is 1. The summed E-state index contributed by atoms with van der Waals surface area (Å²) in [7, 11) is 0. The summed E-state index contributed by atoms with van der Waals surface area (Å²) in [6, 6.07) is 10.6. The molecule has 28 heavy (non-hydrogen) atoms. The number of amides is 1. The number of nitrogens with zero attached hydrogens (tertiary/aromatic N) is 1. The Balaban J connectivity index is 1.42. The van der Waals surface area contributed by atoms with Crippen LogP contribution in [0.1, 0.15) is 22.3 Å². The van der Waals surface area contributed by atoms with E-state index in [0.717, 1.165) is 50.4 Å². The van der Waals surface area contributed by atoms with Crippen molar-refractivity contribution in [2.75, 3.05) is 38.2 Å². The summed E-state index contributed by atoms with van der Waals surface area (Å²) in [6.45, 7) is 5.01. The molecule has 0 aliphatic carbocycles. The SMILES string of the molecule is O=C1Nc2ccc(F)cc2/C1=C1\OCc2cc(CCN3CCOCC3)ccc21. The molecule has 6 heteroatoms. The quantitative estimate of drug-likeness (QED) is 0.832. The van der Waals surface area contributed by atoms with Crippen LogP contribution in [-0.4, -0.2) is 43.7 Å². The van der Waals surface area contributed by atoms with Crippen molar-refractivity contribution < 1.29 is 18.7 Å². The smallest absolute Gasteiger partial charge is 0.260 e. The summed E-state index contributed by atoms with van der Waals surface area (Å²) in [6.07, 6.45) is 0.966. The van der Waals surface area contributed by atoms with E-state index < -0.39 is 0 Å². The minimum atomic E-state index is -0.370. The predicted octanol–water partition coefficient (Wildman–Crippen LogP) is 3.05. The lowest BCUT2D eigenvalue weighted by molar-refractivity contribution is -0.110. The fraction of sp³-hybridized carbons (Fsp3) is 0.318. The molecule has 5 rings (SSSR count). The molecule has 144 valence electrons. The van der Waals surface area contributed by atoms with Gasteiger partial charge >= 0.3 is 0 Å². The van der Waals surface area contributed by atoms with Crippen LogP contribution in [-0.2, 0) is 27.3 Å². The van der Waals surface area contributed by atoms with E-state index in [9.17, 15) is 9.18 Å². The highest BCUT2D eigenvalue weighted by Crippen LogP contribution is 2.41. The summed E-state index contributed by atoms with van der Waals surface area (Å²) < 4.78 is 25.0. The number of fused-ring (bicyclic) bond motifs is 2. The van der Waals surface area contributed by atoms with Crippen molar-refractivity contribution in [2.45, 2.75) is 13.0 Å². The van der Waals surface area contributed by atoms with Crippen LogP contribution in [0.15, 0.2) is 36.4 Å². The van der Waals surface area contributed by atoms with Gasteiger partial charge in [0.25, 0.3) is 5.91 Å². The first-order valence-electron chi connectivity index (χ1n) is 9.60. The number of ether oxygens (including phenoxy) is 2. The summed E-state index contributed by atoms with van der Waals surface area (Å²) in [5.74, 6) is -0.0820. The summed E-state index contributed by atoms with van der Waals surface area (Å²) in [5.41, 5.74) is 4.83. The number of carbonyl (C=O) groups excluding carboxylic acids is 1. The Morgan fingerprint density at radius 3 is 2.79 bits per heavy atom. The fourth-order valence-corrected chi connectivity index (χ4v) is 4.05. The Bertz CT molecular complexity index is 980. The molecule has 2 aromatic rings. The van der Waals surface area contributed by atoms with Gasteiger partial charge in [0.05, 0.1) is 18.8 Å². The van der Waals surface area contributed by atoms with Gasteiger partial charge in [0.2, 0.25) is 0 Å². The minimum absolute atomic E-state index is 0.250. The van der Waals surface area contributed by atoms with E-state index in [0.29, 0.717) is 29.2 Å². The first-order valence-corrected chi connectivity index (χ1v) is 9.60. The first-order chi connectivity index (χ1) is 13.7. The molecule has 3 heterocycles. The van der Waals surface area contributed by atoms with Crippen LogP contribution in [0, 0.1) is 5.82 Å². The highest BCUT2D eigenvalue weighted by Gasteiger charge is 2.32. The Kier molecular flexibility index (Phi) is 4.37. The molecule has 1 N–H and O–H groups in total. The number of halogens is 1. The number of morpholine rings is 1. The van der Waals surface area contributed by atoms with Gasteiger partial charge in [0, 0.05) is 42.0 Å². The molecular formula is C22H21FN2O3. The Morgan fingerprint density at radius 2 is 1.93 bits per heavy atom. The van der Waals surface area contributed by atoms with Crippen LogP contribution in [0.5, 0.6) is 0 Å². The van der Waals surface area contributed by atoms with Gasteiger partial charge in [0.1, 0.15) is 18.2 Å². The van der Waals surface area contributed by atoms with Gasteiger partial charge < -0.3 is 14.8 Å². The first kappa shape index (κ1) is 17.4.